The van der Waals surface area contributed by atoms with E-state index < -0.39 is 0 Å². The van der Waals surface area contributed by atoms with Crippen molar-refractivity contribution in [3.63, 3.8) is 0 Å². The van der Waals surface area contributed by atoms with Gasteiger partial charge in [-0.15, -0.1) is 0 Å². The number of imide groups is 1. The van der Waals surface area contributed by atoms with Crippen molar-refractivity contribution in [1.29, 1.82) is 0 Å². The van der Waals surface area contributed by atoms with Gasteiger partial charge in [-0.25, -0.2) is 0 Å². The van der Waals surface area contributed by atoms with Gasteiger partial charge in [0, 0.05) is 18.1 Å². The summed E-state index contributed by atoms with van der Waals surface area (Å²) < 4.78 is 0. The van der Waals surface area contributed by atoms with Gasteiger partial charge in [-0.05, 0) is 36.6 Å². The lowest BCUT2D eigenvalue weighted by Crippen LogP contribution is -2.31. The Morgan fingerprint density at radius 1 is 1.04 bits per heavy atom. The number of hydrogen-bond acceptors (Lipinski definition) is 2. The van der Waals surface area contributed by atoms with Gasteiger partial charge in [0.15, 0.2) is 0 Å². The first-order valence-electron chi connectivity index (χ1n) is 7.78. The summed E-state index contributed by atoms with van der Waals surface area (Å²) >= 11 is 6.32. The van der Waals surface area contributed by atoms with Gasteiger partial charge >= 0.3 is 0 Å². The van der Waals surface area contributed by atoms with E-state index in [1.807, 2.05) is 25.3 Å². The van der Waals surface area contributed by atoms with Crippen LogP contribution in [0.15, 0.2) is 42.6 Å². The van der Waals surface area contributed by atoms with Crippen LogP contribution < -0.4 is 0 Å². The summed E-state index contributed by atoms with van der Waals surface area (Å²) in [6.45, 7) is 2.31. The van der Waals surface area contributed by atoms with Crippen LogP contribution >= 0.6 is 11.6 Å². The molecule has 1 aliphatic rings. The van der Waals surface area contributed by atoms with E-state index in [2.05, 4.69) is 4.98 Å². The number of hydrogen-bond donors (Lipinski definition) is 1. The zero-order valence-corrected chi connectivity index (χ0v) is 13.9. The second-order valence-corrected chi connectivity index (χ2v) is 6.37. The number of carbonyl (C=O) groups is 2. The fraction of sp³-hybridized carbons (Fsp3) is 0.158. The maximum Gasteiger partial charge on any atom is 0.261 e. The van der Waals surface area contributed by atoms with E-state index in [0.29, 0.717) is 29.1 Å². The van der Waals surface area contributed by atoms with Gasteiger partial charge < -0.3 is 4.98 Å². The van der Waals surface area contributed by atoms with Gasteiger partial charge in [0.25, 0.3) is 11.8 Å². The lowest BCUT2D eigenvalue weighted by Gasteiger charge is -2.13. The second kappa shape index (κ2) is 5.49. The van der Waals surface area contributed by atoms with Crippen molar-refractivity contribution in [2.75, 3.05) is 6.54 Å². The minimum absolute atomic E-state index is 0.218. The number of nitrogens with zero attached hydrogens (tertiary/aromatic N) is 1. The fourth-order valence-electron chi connectivity index (χ4n) is 3.21. The molecule has 2 aromatic carbocycles. The van der Waals surface area contributed by atoms with E-state index in [9.17, 15) is 9.59 Å². The molecule has 4 rings (SSSR count). The number of halogens is 1. The molecule has 24 heavy (non-hydrogen) atoms. The third-order valence-electron chi connectivity index (χ3n) is 4.55. The standard InChI is InChI=1S/C19H15ClN2O2/c1-11-6-7-13-12(10-21-17(13)16(11)20)8-9-22-18(23)14-4-2-3-5-15(14)19(22)24/h2-7,10,21H,8-9H2,1H3. The van der Waals surface area contributed by atoms with Crippen molar-refractivity contribution >= 4 is 34.3 Å². The molecule has 0 unspecified atom stereocenters. The molecule has 0 spiro atoms. The van der Waals surface area contributed by atoms with Crippen molar-refractivity contribution in [3.05, 3.63) is 69.9 Å². The zero-order chi connectivity index (χ0) is 16.8. The molecule has 0 saturated heterocycles. The largest absolute Gasteiger partial charge is 0.360 e. The minimum Gasteiger partial charge on any atom is -0.360 e. The first-order valence-corrected chi connectivity index (χ1v) is 8.16. The van der Waals surface area contributed by atoms with Crippen LogP contribution in [0.2, 0.25) is 5.02 Å². The van der Waals surface area contributed by atoms with Gasteiger partial charge in [0.2, 0.25) is 0 Å². The predicted molar refractivity (Wildman–Crippen MR) is 93.6 cm³/mol. The number of fused-ring (bicyclic) bond motifs is 2. The average molecular weight is 339 g/mol. The molecule has 0 bridgehead atoms. The van der Waals surface area contributed by atoms with Crippen LogP contribution in [0.5, 0.6) is 0 Å². The number of benzene rings is 2. The number of aromatic nitrogens is 1. The molecule has 0 fully saturated rings. The van der Waals surface area contributed by atoms with Crippen LogP contribution in [0.1, 0.15) is 31.8 Å². The molecule has 0 saturated carbocycles. The number of aromatic amines is 1. The summed E-state index contributed by atoms with van der Waals surface area (Å²) in [7, 11) is 0. The molecule has 1 aliphatic heterocycles. The Morgan fingerprint density at radius 3 is 2.38 bits per heavy atom. The Hall–Kier alpha value is -2.59. The molecular formula is C19H15ClN2O2. The molecular weight excluding hydrogens is 324 g/mol. The number of nitrogens with one attached hydrogen (secondary N) is 1. The molecule has 0 atom stereocenters. The topological polar surface area (TPSA) is 53.2 Å². The Balaban J connectivity index is 1.60. The van der Waals surface area contributed by atoms with Crippen molar-refractivity contribution in [2.24, 2.45) is 0 Å². The predicted octanol–water partition coefficient (Wildman–Crippen LogP) is 3.97. The smallest absolute Gasteiger partial charge is 0.261 e. The maximum absolute atomic E-state index is 12.4. The van der Waals surface area contributed by atoms with Gasteiger partial charge in [-0.1, -0.05) is 35.9 Å². The highest BCUT2D eigenvalue weighted by Gasteiger charge is 2.34. The van der Waals surface area contributed by atoms with Crippen LogP contribution in [-0.4, -0.2) is 28.2 Å². The van der Waals surface area contributed by atoms with Crippen molar-refractivity contribution in [1.82, 2.24) is 9.88 Å². The van der Waals surface area contributed by atoms with Crippen molar-refractivity contribution in [2.45, 2.75) is 13.3 Å². The Labute approximate surface area is 144 Å². The highest BCUT2D eigenvalue weighted by atomic mass is 35.5. The van der Waals surface area contributed by atoms with Crippen LogP contribution in [0.4, 0.5) is 0 Å². The molecule has 1 N–H and O–H groups in total. The first-order chi connectivity index (χ1) is 11.6. The Kier molecular flexibility index (Phi) is 3.43. The Bertz CT molecular complexity index is 955. The second-order valence-electron chi connectivity index (χ2n) is 5.99. The summed E-state index contributed by atoms with van der Waals surface area (Å²) in [6.07, 6.45) is 2.49. The van der Waals surface area contributed by atoms with Crippen LogP contribution in [0, 0.1) is 6.92 Å². The van der Waals surface area contributed by atoms with E-state index in [1.165, 1.54) is 4.90 Å². The molecule has 2 heterocycles. The molecule has 1 aromatic heterocycles. The van der Waals surface area contributed by atoms with Crippen LogP contribution in [0.25, 0.3) is 10.9 Å². The quantitative estimate of drug-likeness (QED) is 0.735. The minimum atomic E-state index is -0.218. The van der Waals surface area contributed by atoms with Gasteiger partial charge in [0.05, 0.1) is 21.7 Å². The highest BCUT2D eigenvalue weighted by Crippen LogP contribution is 2.29. The van der Waals surface area contributed by atoms with E-state index in [1.54, 1.807) is 24.3 Å². The number of H-pyrrole nitrogens is 1. The highest BCUT2D eigenvalue weighted by molar-refractivity contribution is 6.36. The van der Waals surface area contributed by atoms with Crippen molar-refractivity contribution in [3.8, 4) is 0 Å². The summed E-state index contributed by atoms with van der Waals surface area (Å²) in [6, 6.07) is 10.9. The molecule has 4 nitrogen and oxygen atoms in total. The van der Waals surface area contributed by atoms with Crippen LogP contribution in [0.3, 0.4) is 0 Å². The summed E-state index contributed by atoms with van der Waals surface area (Å²) in [5.74, 6) is -0.436. The van der Waals surface area contributed by atoms with E-state index >= 15 is 0 Å². The summed E-state index contributed by atoms with van der Waals surface area (Å²) in [4.78, 5) is 29.3. The number of carbonyl (C=O) groups excluding carboxylic acids is 2. The lowest BCUT2D eigenvalue weighted by molar-refractivity contribution is 0.0656. The van der Waals surface area contributed by atoms with Gasteiger partial charge in [-0.2, -0.15) is 0 Å². The van der Waals surface area contributed by atoms with E-state index in [-0.39, 0.29) is 11.8 Å². The zero-order valence-electron chi connectivity index (χ0n) is 13.1. The summed E-state index contributed by atoms with van der Waals surface area (Å²) in [5.41, 5.74) is 3.93. The SMILES string of the molecule is Cc1ccc2c(CCN3C(=O)c4ccccc4C3=O)c[nH]c2c1Cl. The first kappa shape index (κ1) is 15.0. The molecule has 0 aliphatic carbocycles. The third kappa shape index (κ3) is 2.14. The van der Waals surface area contributed by atoms with E-state index in [4.69, 9.17) is 11.6 Å². The lowest BCUT2D eigenvalue weighted by atomic mass is 10.1. The average Bonchev–Trinajstić information content (AvgIpc) is 3.11. The van der Waals surface area contributed by atoms with E-state index in [0.717, 1.165) is 22.0 Å². The third-order valence-corrected chi connectivity index (χ3v) is 5.04. The molecule has 5 heteroatoms. The fourth-order valence-corrected chi connectivity index (χ4v) is 3.43. The normalized spacial score (nSPS) is 13.8. The van der Waals surface area contributed by atoms with Gasteiger partial charge in [0.1, 0.15) is 0 Å². The molecule has 2 amide bonds. The summed E-state index contributed by atoms with van der Waals surface area (Å²) in [5, 5.41) is 1.74. The number of aryl methyl sites for hydroxylation is 1. The monoisotopic (exact) mass is 338 g/mol. The van der Waals surface area contributed by atoms with Gasteiger partial charge in [-0.3, -0.25) is 14.5 Å². The van der Waals surface area contributed by atoms with Crippen LogP contribution in [-0.2, 0) is 6.42 Å². The van der Waals surface area contributed by atoms with Crippen molar-refractivity contribution < 1.29 is 9.59 Å². The number of rotatable bonds is 3. The maximum atomic E-state index is 12.4. The molecule has 3 aromatic rings. The Morgan fingerprint density at radius 2 is 1.71 bits per heavy atom. The number of amides is 2. The molecule has 0 radical (unpaired) electrons. The molecule has 120 valence electrons.